The zero-order valence-electron chi connectivity index (χ0n) is 10.8. The van der Waals surface area contributed by atoms with Crippen molar-refractivity contribution >= 4 is 5.82 Å². The van der Waals surface area contributed by atoms with Crippen LogP contribution >= 0.6 is 0 Å². The third-order valence-electron chi connectivity index (χ3n) is 3.44. The van der Waals surface area contributed by atoms with E-state index < -0.39 is 0 Å². The number of piperazine rings is 1. The Labute approximate surface area is 103 Å². The molecule has 0 radical (unpaired) electrons. The van der Waals surface area contributed by atoms with Crippen LogP contribution in [0.1, 0.15) is 25.5 Å². The van der Waals surface area contributed by atoms with Crippen LogP contribution in [-0.4, -0.2) is 42.6 Å². The second kappa shape index (κ2) is 5.47. The molecule has 2 N–H and O–H groups in total. The molecule has 4 nitrogen and oxygen atoms in total. The lowest BCUT2D eigenvalue weighted by Crippen LogP contribution is -2.46. The van der Waals surface area contributed by atoms with Crippen molar-refractivity contribution in [3.63, 3.8) is 0 Å². The van der Waals surface area contributed by atoms with Gasteiger partial charge in [0.05, 0.1) is 0 Å². The number of nitrogens with zero attached hydrogens (tertiary/aromatic N) is 3. The average Bonchev–Trinajstić information content (AvgIpc) is 2.39. The number of hydrogen-bond donors (Lipinski definition) is 1. The summed E-state index contributed by atoms with van der Waals surface area (Å²) < 4.78 is 0. The Bertz CT molecular complexity index is 339. The third kappa shape index (κ3) is 2.96. The summed E-state index contributed by atoms with van der Waals surface area (Å²) in [6.07, 6.45) is 1.90. The molecule has 0 bridgehead atoms. The lowest BCUT2D eigenvalue weighted by atomic mass is 10.1. The fourth-order valence-corrected chi connectivity index (χ4v) is 2.15. The summed E-state index contributed by atoms with van der Waals surface area (Å²) in [5.41, 5.74) is 6.92. The van der Waals surface area contributed by atoms with Gasteiger partial charge in [0.25, 0.3) is 0 Å². The largest absolute Gasteiger partial charge is 0.354 e. The molecule has 0 unspecified atom stereocenters. The molecule has 0 aromatic carbocycles. The Kier molecular flexibility index (Phi) is 3.97. The summed E-state index contributed by atoms with van der Waals surface area (Å²) in [6, 6.07) is 4.23. The molecule has 2 rings (SSSR count). The Morgan fingerprint density at radius 1 is 1.29 bits per heavy atom. The van der Waals surface area contributed by atoms with Gasteiger partial charge in [-0.15, -0.1) is 0 Å². The van der Waals surface area contributed by atoms with Gasteiger partial charge in [-0.05, 0) is 25.1 Å². The van der Waals surface area contributed by atoms with E-state index in [2.05, 4.69) is 33.8 Å². The number of likely N-dealkylation sites (N-methyl/N-ethyl adjacent to an activating group) is 1. The number of anilines is 1. The molecule has 1 atom stereocenters. The summed E-state index contributed by atoms with van der Waals surface area (Å²) in [5, 5.41) is 0. The van der Waals surface area contributed by atoms with Gasteiger partial charge in [-0.2, -0.15) is 0 Å². The van der Waals surface area contributed by atoms with Crippen LogP contribution in [0.2, 0.25) is 0 Å². The Morgan fingerprint density at radius 3 is 2.47 bits per heavy atom. The molecule has 1 aliphatic rings. The molecule has 17 heavy (non-hydrogen) atoms. The van der Waals surface area contributed by atoms with Gasteiger partial charge in [-0.25, -0.2) is 4.98 Å². The zero-order chi connectivity index (χ0) is 12.3. The normalized spacial score (nSPS) is 19.4. The van der Waals surface area contributed by atoms with Crippen molar-refractivity contribution in [1.29, 1.82) is 0 Å². The molecule has 1 aliphatic heterocycles. The molecule has 0 aliphatic carbocycles. The van der Waals surface area contributed by atoms with Crippen LogP contribution in [0.25, 0.3) is 0 Å². The topological polar surface area (TPSA) is 45.4 Å². The highest BCUT2D eigenvalue weighted by Gasteiger charge is 2.16. The fraction of sp³-hybridized carbons (Fsp3) is 0.615. The maximum Gasteiger partial charge on any atom is 0.128 e. The van der Waals surface area contributed by atoms with Crippen molar-refractivity contribution in [1.82, 2.24) is 9.88 Å². The quantitative estimate of drug-likeness (QED) is 0.855. The number of hydrogen-bond acceptors (Lipinski definition) is 4. The van der Waals surface area contributed by atoms with E-state index in [-0.39, 0.29) is 6.04 Å². The molecule has 2 heterocycles. The van der Waals surface area contributed by atoms with Gasteiger partial charge >= 0.3 is 0 Å². The molecule has 0 spiro atoms. The number of rotatable bonds is 3. The van der Waals surface area contributed by atoms with E-state index in [1.54, 1.807) is 0 Å². The molecular weight excluding hydrogens is 212 g/mol. The van der Waals surface area contributed by atoms with Crippen molar-refractivity contribution in [3.8, 4) is 0 Å². The maximum atomic E-state index is 5.82. The molecule has 0 amide bonds. The first-order valence-electron chi connectivity index (χ1n) is 6.39. The number of aromatic nitrogens is 1. The van der Waals surface area contributed by atoms with Crippen LogP contribution < -0.4 is 10.6 Å². The molecule has 0 saturated carbocycles. The van der Waals surface area contributed by atoms with Crippen molar-refractivity contribution in [2.24, 2.45) is 5.73 Å². The van der Waals surface area contributed by atoms with E-state index in [4.69, 9.17) is 5.73 Å². The lowest BCUT2D eigenvalue weighted by molar-refractivity contribution is 0.270. The van der Waals surface area contributed by atoms with Crippen molar-refractivity contribution in [2.45, 2.75) is 19.9 Å². The first kappa shape index (κ1) is 12.3. The highest BCUT2D eigenvalue weighted by Crippen LogP contribution is 2.16. The molecule has 4 heteroatoms. The van der Waals surface area contributed by atoms with E-state index in [0.29, 0.717) is 0 Å². The van der Waals surface area contributed by atoms with Crippen LogP contribution in [0, 0.1) is 0 Å². The van der Waals surface area contributed by atoms with Crippen molar-refractivity contribution < 1.29 is 0 Å². The Balaban J connectivity index is 1.99. The standard InChI is InChI=1S/C13H22N4/c1-3-16-6-8-17(9-7-16)13-5-4-12(10-15-13)11(2)14/h4-5,10-11H,3,6-9,14H2,1-2H3/t11-/m1/s1. The zero-order valence-corrected chi connectivity index (χ0v) is 10.8. The van der Waals surface area contributed by atoms with Crippen LogP contribution in [0.15, 0.2) is 18.3 Å². The lowest BCUT2D eigenvalue weighted by Gasteiger charge is -2.34. The molecule has 1 saturated heterocycles. The summed E-state index contributed by atoms with van der Waals surface area (Å²) in [7, 11) is 0. The van der Waals surface area contributed by atoms with E-state index in [0.717, 1.165) is 44.1 Å². The highest BCUT2D eigenvalue weighted by atomic mass is 15.3. The molecule has 1 fully saturated rings. The second-order valence-corrected chi connectivity index (χ2v) is 4.66. The van der Waals surface area contributed by atoms with Gasteiger partial charge in [0.15, 0.2) is 0 Å². The maximum absolute atomic E-state index is 5.82. The first-order chi connectivity index (χ1) is 8.20. The third-order valence-corrected chi connectivity index (χ3v) is 3.44. The summed E-state index contributed by atoms with van der Waals surface area (Å²) in [6.45, 7) is 9.74. The highest BCUT2D eigenvalue weighted by molar-refractivity contribution is 5.40. The van der Waals surface area contributed by atoms with Gasteiger partial charge in [-0.3, -0.25) is 0 Å². The van der Waals surface area contributed by atoms with Crippen LogP contribution in [0.3, 0.4) is 0 Å². The van der Waals surface area contributed by atoms with Gasteiger partial charge in [0.2, 0.25) is 0 Å². The van der Waals surface area contributed by atoms with Crippen molar-refractivity contribution in [2.75, 3.05) is 37.6 Å². The Morgan fingerprint density at radius 2 is 2.00 bits per heavy atom. The van der Waals surface area contributed by atoms with Gasteiger partial charge in [0, 0.05) is 38.4 Å². The van der Waals surface area contributed by atoms with Crippen LogP contribution in [-0.2, 0) is 0 Å². The summed E-state index contributed by atoms with van der Waals surface area (Å²) in [5.74, 6) is 1.07. The second-order valence-electron chi connectivity index (χ2n) is 4.66. The van der Waals surface area contributed by atoms with Crippen molar-refractivity contribution in [3.05, 3.63) is 23.9 Å². The van der Waals surface area contributed by atoms with E-state index in [1.807, 2.05) is 13.1 Å². The van der Waals surface area contributed by atoms with Crippen LogP contribution in [0.4, 0.5) is 5.82 Å². The molecule has 1 aromatic rings. The number of pyridine rings is 1. The fourth-order valence-electron chi connectivity index (χ4n) is 2.15. The average molecular weight is 234 g/mol. The number of nitrogens with two attached hydrogens (primary N) is 1. The molecular formula is C13H22N4. The Hall–Kier alpha value is -1.13. The van der Waals surface area contributed by atoms with E-state index in [1.165, 1.54) is 0 Å². The first-order valence-corrected chi connectivity index (χ1v) is 6.39. The monoisotopic (exact) mass is 234 g/mol. The van der Waals surface area contributed by atoms with Gasteiger partial charge < -0.3 is 15.5 Å². The minimum Gasteiger partial charge on any atom is -0.354 e. The van der Waals surface area contributed by atoms with Crippen LogP contribution in [0.5, 0.6) is 0 Å². The molecule has 94 valence electrons. The smallest absolute Gasteiger partial charge is 0.128 e. The minimum atomic E-state index is 0.0634. The summed E-state index contributed by atoms with van der Waals surface area (Å²) >= 11 is 0. The molecule has 1 aromatic heterocycles. The summed E-state index contributed by atoms with van der Waals surface area (Å²) in [4.78, 5) is 9.31. The predicted molar refractivity (Wildman–Crippen MR) is 71.2 cm³/mol. The minimum absolute atomic E-state index is 0.0634. The van der Waals surface area contributed by atoms with Gasteiger partial charge in [-0.1, -0.05) is 13.0 Å². The SMILES string of the molecule is CCN1CCN(c2ccc([C@@H](C)N)cn2)CC1. The predicted octanol–water partition coefficient (Wildman–Crippen LogP) is 1.24. The van der Waals surface area contributed by atoms with E-state index in [9.17, 15) is 0 Å². The van der Waals surface area contributed by atoms with Gasteiger partial charge in [0.1, 0.15) is 5.82 Å². The van der Waals surface area contributed by atoms with E-state index >= 15 is 0 Å².